The summed E-state index contributed by atoms with van der Waals surface area (Å²) in [6.45, 7) is 1.89. The summed E-state index contributed by atoms with van der Waals surface area (Å²) in [6, 6.07) is 32.7. The van der Waals surface area contributed by atoms with E-state index in [-0.39, 0.29) is 44.3 Å². The summed E-state index contributed by atoms with van der Waals surface area (Å²) in [5.41, 5.74) is -3.49. The number of methoxy groups -OCH3 is 1. The number of aryl methyl sites for hydroxylation is 1. The summed E-state index contributed by atoms with van der Waals surface area (Å²) in [4.78, 5) is -1.04. The van der Waals surface area contributed by atoms with Crippen LogP contribution in [0.1, 0.15) is 22.3 Å². The lowest BCUT2D eigenvalue weighted by Gasteiger charge is -2.38. The number of terminal acetylenes is 1. The maximum atomic E-state index is 14.6. The van der Waals surface area contributed by atoms with Crippen molar-refractivity contribution in [2.75, 3.05) is 7.11 Å². The third-order valence-electron chi connectivity index (χ3n) is 10.3. The molecule has 0 saturated carbocycles. The molecule has 7 aromatic carbocycles. The van der Waals surface area contributed by atoms with Crippen molar-refractivity contribution in [2.45, 2.75) is 39.4 Å². The molecule has 7 aromatic rings. The predicted octanol–water partition coefficient (Wildman–Crippen LogP) is 12.5. The molecule has 0 bridgehead atoms. The second-order valence-electron chi connectivity index (χ2n) is 14.6. The van der Waals surface area contributed by atoms with Crippen molar-refractivity contribution in [2.24, 2.45) is 0 Å². The maximum absolute atomic E-state index is 14.6. The summed E-state index contributed by atoms with van der Waals surface area (Å²) < 4.78 is 172. The molecule has 0 aliphatic carbocycles. The zero-order valence-electron chi connectivity index (χ0n) is 34.4. The fourth-order valence-corrected chi connectivity index (χ4v) is 8.93. The van der Waals surface area contributed by atoms with Gasteiger partial charge in [-0.15, -0.1) is 6.42 Å². The molecule has 0 saturated heterocycles. The van der Waals surface area contributed by atoms with Crippen molar-refractivity contribution in [1.29, 1.82) is 0 Å². The highest BCUT2D eigenvalue weighted by molar-refractivity contribution is 7.91. The van der Waals surface area contributed by atoms with Crippen molar-refractivity contribution in [3.63, 3.8) is 0 Å². The van der Waals surface area contributed by atoms with Gasteiger partial charge >= 0.3 is 12.4 Å². The fraction of sp³-hybridized carbons (Fsp3) is 0.102. The predicted molar refractivity (Wildman–Crippen MR) is 232 cm³/mol. The van der Waals surface area contributed by atoms with E-state index < -0.39 is 53.7 Å². The lowest BCUT2D eigenvalue weighted by atomic mass is 9.73. The smallest absolute Gasteiger partial charge is 0.411 e. The van der Waals surface area contributed by atoms with E-state index in [1.54, 1.807) is 24.3 Å². The molecule has 0 radical (unpaired) electrons. The molecule has 0 heterocycles. The third kappa shape index (κ3) is 9.43. The van der Waals surface area contributed by atoms with Gasteiger partial charge in [0.15, 0.2) is 0 Å². The first kappa shape index (κ1) is 46.7. The number of alkyl halides is 6. The van der Waals surface area contributed by atoms with Gasteiger partial charge in [0.05, 0.1) is 16.9 Å². The summed E-state index contributed by atoms with van der Waals surface area (Å²) >= 11 is 0. The standard InChI is InChI=1S/C49H34F6O9S2/c1-4-32-6-8-33(9-7-32)43-29-31(2)5-27-44(43)64-40-22-28-45(46(30-40)66(58,59)60)63-39-20-25-42(26-21-39)65(56,57)41-23-18-38(19-24-41)62-37-16-12-35(13-17-37)47(48(50,51)52,49(53,54)55)34-10-14-36(61-3)15-11-34/h1,5-30H,2-3H3,(H,58,59,60). The van der Waals surface area contributed by atoms with E-state index in [0.29, 0.717) is 41.1 Å². The third-order valence-corrected chi connectivity index (χ3v) is 13.0. The number of benzene rings is 7. The molecule has 7 rings (SSSR count). The van der Waals surface area contributed by atoms with Crippen LogP contribution in [-0.4, -0.2) is 40.9 Å². The van der Waals surface area contributed by atoms with Gasteiger partial charge in [-0.05, 0) is 133 Å². The van der Waals surface area contributed by atoms with Gasteiger partial charge in [-0.1, -0.05) is 53.9 Å². The molecule has 66 heavy (non-hydrogen) atoms. The van der Waals surface area contributed by atoms with Crippen LogP contribution in [0.3, 0.4) is 0 Å². The Morgan fingerprint density at radius 1 is 0.530 bits per heavy atom. The van der Waals surface area contributed by atoms with Crippen molar-refractivity contribution in [3.05, 3.63) is 180 Å². The molecule has 1 N–H and O–H groups in total. The lowest BCUT2D eigenvalue weighted by Crippen LogP contribution is -2.54. The van der Waals surface area contributed by atoms with E-state index in [9.17, 15) is 47.7 Å². The quantitative estimate of drug-likeness (QED) is 0.0683. The average molecular weight is 945 g/mol. The Labute approximate surface area is 375 Å². The first-order valence-corrected chi connectivity index (χ1v) is 22.2. The van der Waals surface area contributed by atoms with Gasteiger partial charge < -0.3 is 18.9 Å². The number of rotatable bonds is 13. The molecule has 0 fully saturated rings. The number of hydrogen-bond donors (Lipinski definition) is 1. The van der Waals surface area contributed by atoms with Crippen LogP contribution in [0.25, 0.3) is 11.1 Å². The minimum atomic E-state index is -5.81. The van der Waals surface area contributed by atoms with Crippen LogP contribution in [0.2, 0.25) is 0 Å². The van der Waals surface area contributed by atoms with E-state index in [4.69, 9.17) is 25.4 Å². The normalized spacial score (nSPS) is 12.2. The number of ether oxygens (including phenoxy) is 4. The van der Waals surface area contributed by atoms with Crippen LogP contribution in [0.15, 0.2) is 172 Å². The lowest BCUT2D eigenvalue weighted by molar-refractivity contribution is -0.288. The summed E-state index contributed by atoms with van der Waals surface area (Å²) in [5, 5.41) is 0. The molecule has 17 heteroatoms. The van der Waals surface area contributed by atoms with Crippen LogP contribution in [-0.2, 0) is 25.4 Å². The Morgan fingerprint density at radius 3 is 1.44 bits per heavy atom. The minimum Gasteiger partial charge on any atom is -0.497 e. The first-order valence-electron chi connectivity index (χ1n) is 19.3. The van der Waals surface area contributed by atoms with Gasteiger partial charge in [-0.2, -0.15) is 34.8 Å². The summed E-state index contributed by atoms with van der Waals surface area (Å²) in [5.74, 6) is 2.63. The molecule has 0 aromatic heterocycles. The Bertz CT molecular complexity index is 3130. The van der Waals surface area contributed by atoms with Crippen LogP contribution in [0.5, 0.6) is 40.2 Å². The molecule has 338 valence electrons. The zero-order valence-corrected chi connectivity index (χ0v) is 36.0. The Hall–Kier alpha value is -7.26. The van der Waals surface area contributed by atoms with Crippen molar-refractivity contribution < 1.29 is 66.7 Å². The van der Waals surface area contributed by atoms with Gasteiger partial charge in [0.25, 0.3) is 10.1 Å². The van der Waals surface area contributed by atoms with Crippen LogP contribution >= 0.6 is 0 Å². The van der Waals surface area contributed by atoms with Gasteiger partial charge in [-0.3, -0.25) is 4.55 Å². The van der Waals surface area contributed by atoms with E-state index >= 15 is 0 Å². The monoisotopic (exact) mass is 944 g/mol. The number of hydrogen-bond acceptors (Lipinski definition) is 8. The summed E-state index contributed by atoms with van der Waals surface area (Å²) in [7, 11) is -7.85. The highest BCUT2D eigenvalue weighted by atomic mass is 32.2. The largest absolute Gasteiger partial charge is 0.497 e. The molecule has 9 nitrogen and oxygen atoms in total. The van der Waals surface area contributed by atoms with E-state index in [1.807, 2.05) is 25.1 Å². The molecule has 0 atom stereocenters. The second kappa shape index (κ2) is 18.0. The van der Waals surface area contributed by atoms with Crippen molar-refractivity contribution >= 4 is 20.0 Å². The van der Waals surface area contributed by atoms with Gasteiger partial charge in [0, 0.05) is 17.2 Å². The highest BCUT2D eigenvalue weighted by Crippen LogP contribution is 2.56. The average Bonchev–Trinajstić information content (AvgIpc) is 3.27. The summed E-state index contributed by atoms with van der Waals surface area (Å²) in [6.07, 6.45) is -6.12. The van der Waals surface area contributed by atoms with Crippen LogP contribution in [0, 0.1) is 19.3 Å². The van der Waals surface area contributed by atoms with Gasteiger partial charge in [0.2, 0.25) is 15.3 Å². The van der Waals surface area contributed by atoms with E-state index in [2.05, 4.69) is 5.92 Å². The first-order chi connectivity index (χ1) is 31.1. The van der Waals surface area contributed by atoms with Crippen molar-refractivity contribution in [3.8, 4) is 63.7 Å². The molecule has 0 aliphatic heterocycles. The number of halogens is 6. The van der Waals surface area contributed by atoms with Crippen LogP contribution in [0.4, 0.5) is 26.3 Å². The highest BCUT2D eigenvalue weighted by Gasteiger charge is 2.72. The molecule has 0 spiro atoms. The Balaban J connectivity index is 1.06. The molecular weight excluding hydrogens is 911 g/mol. The topological polar surface area (TPSA) is 125 Å². The fourth-order valence-electron chi connectivity index (χ4n) is 7.04. The SMILES string of the molecule is C#Cc1ccc(-c2cc(C)ccc2Oc2ccc(Oc3ccc(S(=O)(=O)c4ccc(Oc5ccc(C(c6ccc(OC)cc6)(C(F)(F)F)C(F)(F)F)cc5)cc4)cc3)c(S(=O)(=O)O)c2)cc1. The van der Waals surface area contributed by atoms with Crippen LogP contribution < -0.4 is 18.9 Å². The Morgan fingerprint density at radius 2 is 0.970 bits per heavy atom. The minimum absolute atomic E-state index is 0.00484. The van der Waals surface area contributed by atoms with E-state index in [1.165, 1.54) is 67.8 Å². The Kier molecular flexibility index (Phi) is 12.7. The maximum Gasteiger partial charge on any atom is 0.411 e. The molecule has 0 amide bonds. The molecule has 0 aliphatic rings. The number of sulfone groups is 1. The second-order valence-corrected chi connectivity index (χ2v) is 17.9. The van der Waals surface area contributed by atoms with Gasteiger partial charge in [0.1, 0.15) is 45.1 Å². The van der Waals surface area contributed by atoms with Crippen molar-refractivity contribution in [1.82, 2.24) is 0 Å². The molecule has 0 unspecified atom stereocenters. The van der Waals surface area contributed by atoms with Gasteiger partial charge in [-0.25, -0.2) is 8.42 Å². The van der Waals surface area contributed by atoms with E-state index in [0.717, 1.165) is 41.5 Å². The molecular formula is C49H34F6O9S2. The zero-order chi connectivity index (χ0) is 47.7.